The number of nitriles is 1. The lowest BCUT2D eigenvalue weighted by molar-refractivity contribution is -0.132. The highest BCUT2D eigenvalue weighted by molar-refractivity contribution is 7.09. The molecule has 3 rings (SSSR count). The van der Waals surface area contributed by atoms with E-state index in [-0.39, 0.29) is 5.91 Å². The topological polar surface area (TPSA) is 89.5 Å². The number of piperazine rings is 1. The lowest BCUT2D eigenvalue weighted by Gasteiger charge is -2.35. The number of hydrogen-bond donors (Lipinski definition) is 0. The second-order valence-corrected chi connectivity index (χ2v) is 6.94. The number of carbonyl (C=O) groups excluding carboxylic acids is 1. The summed E-state index contributed by atoms with van der Waals surface area (Å²) in [7, 11) is 1.92. The summed E-state index contributed by atoms with van der Waals surface area (Å²) in [6, 6.07) is 2.06. The van der Waals surface area contributed by atoms with Crippen molar-refractivity contribution in [1.82, 2.24) is 19.8 Å². The second kappa shape index (κ2) is 7.63. The Morgan fingerprint density at radius 3 is 2.84 bits per heavy atom. The minimum atomic E-state index is 0.105. The molecular formula is C16H20N6O2S. The van der Waals surface area contributed by atoms with Crippen LogP contribution in [0.3, 0.4) is 0 Å². The lowest BCUT2D eigenvalue weighted by Crippen LogP contribution is -2.51. The van der Waals surface area contributed by atoms with Crippen LogP contribution < -0.4 is 4.90 Å². The van der Waals surface area contributed by atoms with E-state index in [0.29, 0.717) is 56.7 Å². The molecule has 0 radical (unpaired) electrons. The highest BCUT2D eigenvalue weighted by atomic mass is 32.1. The molecule has 0 unspecified atom stereocenters. The van der Waals surface area contributed by atoms with Gasteiger partial charge in [0.25, 0.3) is 0 Å². The van der Waals surface area contributed by atoms with E-state index < -0.39 is 0 Å². The molecule has 0 saturated carbocycles. The molecular weight excluding hydrogens is 340 g/mol. The standard InChI is InChI=1S/C16H20N6O2S/c1-12-19-13(9-17)16(24-12)22-6-4-21(5-7-22)15(23)11-20(2)10-14-18-3-8-25-14/h3,8H,4-7,10-11H2,1-2H3. The summed E-state index contributed by atoms with van der Waals surface area (Å²) in [4.78, 5) is 26.6. The van der Waals surface area contributed by atoms with E-state index in [4.69, 9.17) is 9.68 Å². The summed E-state index contributed by atoms with van der Waals surface area (Å²) >= 11 is 1.59. The van der Waals surface area contributed by atoms with Gasteiger partial charge in [0.2, 0.25) is 17.5 Å². The van der Waals surface area contributed by atoms with Crippen molar-refractivity contribution in [2.24, 2.45) is 0 Å². The first-order valence-electron chi connectivity index (χ1n) is 8.04. The minimum Gasteiger partial charge on any atom is -0.424 e. The number of hydrogen-bond acceptors (Lipinski definition) is 8. The first-order chi connectivity index (χ1) is 12.1. The molecule has 0 bridgehead atoms. The van der Waals surface area contributed by atoms with Crippen molar-refractivity contribution >= 4 is 23.1 Å². The summed E-state index contributed by atoms with van der Waals surface area (Å²) < 4.78 is 5.54. The SMILES string of the molecule is Cc1nc(C#N)c(N2CCN(C(=O)CN(C)Cc3nccs3)CC2)o1. The van der Waals surface area contributed by atoms with Gasteiger partial charge in [-0.1, -0.05) is 0 Å². The summed E-state index contributed by atoms with van der Waals surface area (Å²) in [5, 5.41) is 12.1. The van der Waals surface area contributed by atoms with Crippen LogP contribution in [-0.2, 0) is 11.3 Å². The van der Waals surface area contributed by atoms with Gasteiger partial charge in [-0.2, -0.15) is 5.26 Å². The molecule has 1 fully saturated rings. The molecule has 132 valence electrons. The lowest BCUT2D eigenvalue weighted by atomic mass is 10.3. The molecule has 9 heteroatoms. The zero-order valence-corrected chi connectivity index (χ0v) is 15.1. The molecule has 1 aliphatic rings. The number of anilines is 1. The van der Waals surface area contributed by atoms with E-state index in [1.54, 1.807) is 24.5 Å². The first-order valence-corrected chi connectivity index (χ1v) is 8.92. The van der Waals surface area contributed by atoms with Gasteiger partial charge in [-0.25, -0.2) is 9.97 Å². The molecule has 3 heterocycles. The summed E-state index contributed by atoms with van der Waals surface area (Å²) in [6.45, 7) is 5.23. The molecule has 2 aromatic rings. The van der Waals surface area contributed by atoms with Crippen LogP contribution in [0, 0.1) is 18.3 Å². The van der Waals surface area contributed by atoms with Crippen molar-refractivity contribution in [2.75, 3.05) is 44.7 Å². The number of aromatic nitrogens is 2. The van der Waals surface area contributed by atoms with Crippen molar-refractivity contribution in [2.45, 2.75) is 13.5 Å². The number of amides is 1. The fraction of sp³-hybridized carbons (Fsp3) is 0.500. The monoisotopic (exact) mass is 360 g/mol. The fourth-order valence-electron chi connectivity index (χ4n) is 2.81. The zero-order valence-electron chi connectivity index (χ0n) is 14.3. The second-order valence-electron chi connectivity index (χ2n) is 5.96. The van der Waals surface area contributed by atoms with Crippen LogP contribution in [0.1, 0.15) is 16.6 Å². The van der Waals surface area contributed by atoms with Gasteiger partial charge in [0.15, 0.2) is 5.89 Å². The first kappa shape index (κ1) is 17.4. The van der Waals surface area contributed by atoms with Crippen LogP contribution >= 0.6 is 11.3 Å². The van der Waals surface area contributed by atoms with Crippen molar-refractivity contribution in [3.8, 4) is 6.07 Å². The number of likely N-dealkylation sites (N-methyl/N-ethyl adjacent to an activating group) is 1. The Kier molecular flexibility index (Phi) is 5.31. The van der Waals surface area contributed by atoms with Crippen molar-refractivity contribution in [3.63, 3.8) is 0 Å². The summed E-state index contributed by atoms with van der Waals surface area (Å²) in [5.74, 6) is 1.09. The third kappa shape index (κ3) is 4.15. The highest BCUT2D eigenvalue weighted by Gasteiger charge is 2.26. The van der Waals surface area contributed by atoms with Gasteiger partial charge in [-0.05, 0) is 7.05 Å². The zero-order chi connectivity index (χ0) is 17.8. The Labute approximate surface area is 150 Å². The van der Waals surface area contributed by atoms with Gasteiger partial charge in [0.05, 0.1) is 13.1 Å². The van der Waals surface area contributed by atoms with E-state index in [0.717, 1.165) is 5.01 Å². The molecule has 25 heavy (non-hydrogen) atoms. The maximum Gasteiger partial charge on any atom is 0.236 e. The third-order valence-corrected chi connectivity index (χ3v) is 4.80. The van der Waals surface area contributed by atoms with Crippen LogP contribution in [0.5, 0.6) is 0 Å². The van der Waals surface area contributed by atoms with Gasteiger partial charge < -0.3 is 14.2 Å². The molecule has 0 aliphatic carbocycles. The maximum atomic E-state index is 12.5. The number of nitrogens with zero attached hydrogens (tertiary/aromatic N) is 6. The highest BCUT2D eigenvalue weighted by Crippen LogP contribution is 2.22. The molecule has 2 aromatic heterocycles. The van der Waals surface area contributed by atoms with Crippen LogP contribution in [0.15, 0.2) is 16.0 Å². The summed E-state index contributed by atoms with van der Waals surface area (Å²) in [6.07, 6.45) is 1.77. The number of rotatable bonds is 5. The largest absolute Gasteiger partial charge is 0.424 e. The molecule has 8 nitrogen and oxygen atoms in total. The van der Waals surface area contributed by atoms with Crippen LogP contribution in [0.25, 0.3) is 0 Å². The molecule has 1 aliphatic heterocycles. The van der Waals surface area contributed by atoms with Gasteiger partial charge in [0.1, 0.15) is 11.1 Å². The average Bonchev–Trinajstić information content (AvgIpc) is 3.24. The Bertz CT molecular complexity index is 758. The minimum absolute atomic E-state index is 0.105. The fourth-order valence-corrected chi connectivity index (χ4v) is 3.51. The number of oxazole rings is 1. The van der Waals surface area contributed by atoms with Crippen molar-refractivity contribution in [3.05, 3.63) is 28.2 Å². The summed E-state index contributed by atoms with van der Waals surface area (Å²) in [5.41, 5.74) is 0.306. The van der Waals surface area contributed by atoms with Crippen LogP contribution in [-0.4, -0.2) is 65.4 Å². The molecule has 1 saturated heterocycles. The number of aryl methyl sites for hydroxylation is 1. The molecule has 1 amide bonds. The van der Waals surface area contributed by atoms with Crippen LogP contribution in [0.4, 0.5) is 5.88 Å². The number of thiazole rings is 1. The Balaban J connectivity index is 1.51. The maximum absolute atomic E-state index is 12.5. The molecule has 0 atom stereocenters. The van der Waals surface area contributed by atoms with E-state index in [9.17, 15) is 4.79 Å². The van der Waals surface area contributed by atoms with Crippen LogP contribution in [0.2, 0.25) is 0 Å². The predicted molar refractivity (Wildman–Crippen MR) is 93.2 cm³/mol. The van der Waals surface area contributed by atoms with Gasteiger partial charge in [-0.3, -0.25) is 9.69 Å². The van der Waals surface area contributed by atoms with E-state index in [1.165, 1.54) is 0 Å². The Morgan fingerprint density at radius 2 is 2.20 bits per heavy atom. The molecule has 0 N–H and O–H groups in total. The molecule has 0 spiro atoms. The van der Waals surface area contributed by atoms with Crippen molar-refractivity contribution in [1.29, 1.82) is 5.26 Å². The number of carbonyl (C=O) groups is 1. The Morgan fingerprint density at radius 1 is 1.44 bits per heavy atom. The predicted octanol–water partition coefficient (Wildman–Crippen LogP) is 1.09. The van der Waals surface area contributed by atoms with Gasteiger partial charge in [-0.15, -0.1) is 11.3 Å². The smallest absolute Gasteiger partial charge is 0.236 e. The van der Waals surface area contributed by atoms with Gasteiger partial charge in [0, 0.05) is 44.7 Å². The van der Waals surface area contributed by atoms with E-state index >= 15 is 0 Å². The third-order valence-electron chi connectivity index (χ3n) is 4.04. The molecule has 0 aromatic carbocycles. The Hall–Kier alpha value is -2.44. The van der Waals surface area contributed by atoms with E-state index in [2.05, 4.69) is 16.0 Å². The van der Waals surface area contributed by atoms with Gasteiger partial charge >= 0.3 is 0 Å². The normalized spacial score (nSPS) is 14.8. The average molecular weight is 360 g/mol. The quantitative estimate of drug-likeness (QED) is 0.788. The van der Waals surface area contributed by atoms with Crippen molar-refractivity contribution < 1.29 is 9.21 Å². The van der Waals surface area contributed by atoms with E-state index in [1.807, 2.05) is 27.1 Å².